The summed E-state index contributed by atoms with van der Waals surface area (Å²) < 4.78 is 72.5. The standard InChI is InChI=1S/C76H92N10O25S2/c1-6-84-58-30-27-45(112(106,107)108)37-52(58)75(3,4)61(84)22-14-12-13-20-51-49-29-26-46(113(109,110)111)38-60(49)86(7-2)76(51,5)32-19-24-62(87)78-33-17-16-21-53(79-63(88)23-15-10-8-9-11-18-35-85-59-36-44(73(102)103)25-28-47(59)50-43-77-34-31-48(50)72(85)101)68(97)80-54(39-64(89)90)69(98)81-55(40-65(91)92)70(99)82-56(41-66(93)94)71(100)83-57(74(104)105)42-67(95)96/h12-14,20,22,25-31,34,36-38,43,53-57H,6-11,15-19,21,23-24,32-33,35,39-42H2,1-5H3,(H13-,78,79,80,81,82,83,87,88,89,90,91,92,93,94,95,96,97,98,99,100,102,103,104,105,106,107,108,109,110,111)/p+1/t53-,54-,55-,56-,57-,76?/m0/s1. The van der Waals surface area contributed by atoms with Crippen LogP contribution in [-0.4, -0.2) is 203 Å². The van der Waals surface area contributed by atoms with Crippen LogP contribution in [0.4, 0.5) is 11.4 Å². The second-order valence-corrected chi connectivity index (χ2v) is 30.8. The van der Waals surface area contributed by atoms with Gasteiger partial charge in [0, 0.05) is 84.6 Å². The molecule has 5 aromatic rings. The van der Waals surface area contributed by atoms with Gasteiger partial charge in [0.25, 0.3) is 25.8 Å². The molecule has 0 radical (unpaired) electrons. The van der Waals surface area contributed by atoms with Crippen LogP contribution >= 0.6 is 0 Å². The third kappa shape index (κ3) is 23.3. The minimum absolute atomic E-state index is 0.00237. The van der Waals surface area contributed by atoms with E-state index in [2.05, 4.69) is 20.9 Å². The Morgan fingerprint density at radius 2 is 1.12 bits per heavy atom. The monoisotopic (exact) mass is 1610 g/mol. The molecule has 7 rings (SSSR count). The first-order chi connectivity index (χ1) is 53.2. The molecule has 4 heterocycles. The van der Waals surface area contributed by atoms with Crippen LogP contribution in [0.2, 0.25) is 0 Å². The number of anilines is 1. The summed E-state index contributed by atoms with van der Waals surface area (Å²) in [5.74, 6) is -16.8. The molecule has 35 nitrogen and oxygen atoms in total. The molecule has 0 fully saturated rings. The maximum atomic E-state index is 14.3. The molecule has 2 aliphatic rings. The lowest BCUT2D eigenvalue weighted by molar-refractivity contribution is -0.433. The number of carbonyl (C=O) groups excluding carboxylic acids is 6. The number of carboxylic acids is 6. The molecule has 6 atom stereocenters. The summed E-state index contributed by atoms with van der Waals surface area (Å²) in [6.07, 6.45) is 11.0. The second-order valence-electron chi connectivity index (χ2n) is 28.0. The van der Waals surface area contributed by atoms with E-state index in [1.165, 1.54) is 47.2 Å². The average molecular weight is 1610 g/mol. The van der Waals surface area contributed by atoms with Gasteiger partial charge >= 0.3 is 35.8 Å². The summed E-state index contributed by atoms with van der Waals surface area (Å²) in [7, 11) is -9.11. The van der Waals surface area contributed by atoms with Crippen molar-refractivity contribution in [2.75, 3.05) is 24.5 Å². The SMILES string of the molecule is CCN1c2cc(S(=O)(=O)O)ccc2\C(=C/C=C/C=C/C2=[N+](CC)c3ccc(S(=O)(=O)O)cc3C2(C)C)C1(C)CCCC(=O)NCCCC[C@H](NC(=O)CCCCCCCCn1c(=O)c2ccncc2c2ccc(C(=O)O)cc21)C(=O)N[C@@H](CC(=O)O)C(=O)N[C@@H](CC(=O)O)C(=O)N[C@@H](CC(=O)O)C(=O)N[C@@H](CC(=O)O)C(=O)O. The van der Waals surface area contributed by atoms with E-state index >= 15 is 0 Å². The van der Waals surface area contributed by atoms with Crippen molar-refractivity contribution in [2.45, 2.75) is 201 Å². The number of aromatic carboxylic acids is 1. The quantitative estimate of drug-likeness (QED) is 0.00780. The fourth-order valence-electron chi connectivity index (χ4n) is 14.1. The molecule has 6 amide bonds. The molecule has 113 heavy (non-hydrogen) atoms. The van der Waals surface area contributed by atoms with Gasteiger partial charge in [-0.1, -0.05) is 62.1 Å². The number of fused-ring (bicyclic) bond motifs is 5. The number of unbranched alkanes of at least 4 members (excludes halogenated alkanes) is 6. The molecule has 608 valence electrons. The number of hydrogen-bond donors (Lipinski definition) is 14. The third-order valence-corrected chi connectivity index (χ3v) is 21.4. The minimum Gasteiger partial charge on any atom is -0.481 e. The summed E-state index contributed by atoms with van der Waals surface area (Å²) in [6.45, 7) is 10.8. The fourth-order valence-corrected chi connectivity index (χ4v) is 15.1. The lowest BCUT2D eigenvalue weighted by Gasteiger charge is -2.38. The van der Waals surface area contributed by atoms with Gasteiger partial charge in [-0.15, -0.1) is 0 Å². The van der Waals surface area contributed by atoms with Crippen LogP contribution < -0.4 is 42.4 Å². The van der Waals surface area contributed by atoms with Crippen LogP contribution in [-0.2, 0) is 84.9 Å². The Morgan fingerprint density at radius 3 is 1.68 bits per heavy atom. The van der Waals surface area contributed by atoms with E-state index in [4.69, 9.17) is 5.11 Å². The molecule has 37 heteroatoms. The van der Waals surface area contributed by atoms with Gasteiger partial charge in [-0.05, 0) is 128 Å². The number of benzene rings is 3. The summed E-state index contributed by atoms with van der Waals surface area (Å²) in [4.78, 5) is 173. The highest BCUT2D eigenvalue weighted by molar-refractivity contribution is 7.86. The number of aromatic nitrogens is 2. The van der Waals surface area contributed by atoms with Crippen molar-refractivity contribution in [2.24, 2.45) is 0 Å². The topological polar surface area (TPSA) is 548 Å². The summed E-state index contributed by atoms with van der Waals surface area (Å²) in [5.41, 5.74) is 2.87. The maximum Gasteiger partial charge on any atom is 0.335 e. The van der Waals surface area contributed by atoms with Gasteiger partial charge < -0.3 is 72.0 Å². The van der Waals surface area contributed by atoms with Crippen LogP contribution in [0.15, 0.2) is 118 Å². The number of pyridine rings is 2. The number of amides is 6. The highest BCUT2D eigenvalue weighted by Gasteiger charge is 2.46. The predicted octanol–water partition coefficient (Wildman–Crippen LogP) is 5.23. The van der Waals surface area contributed by atoms with E-state index in [-0.39, 0.29) is 78.4 Å². The van der Waals surface area contributed by atoms with Crippen LogP contribution in [0.1, 0.15) is 165 Å². The highest BCUT2D eigenvalue weighted by atomic mass is 32.2. The lowest BCUT2D eigenvalue weighted by atomic mass is 9.81. The Morgan fingerprint density at radius 1 is 0.566 bits per heavy atom. The highest BCUT2D eigenvalue weighted by Crippen LogP contribution is 2.50. The zero-order chi connectivity index (χ0) is 83.4. The smallest absolute Gasteiger partial charge is 0.335 e. The molecule has 0 aliphatic carbocycles. The molecule has 0 saturated heterocycles. The van der Waals surface area contributed by atoms with Crippen molar-refractivity contribution >= 4 is 136 Å². The number of nitrogens with one attached hydrogen (secondary N) is 6. The Bertz CT molecular complexity index is 4970. The number of likely N-dealkylation sites (N-methyl/N-ethyl adjacent to an activating group) is 1. The van der Waals surface area contributed by atoms with Crippen molar-refractivity contribution in [3.63, 3.8) is 0 Å². The van der Waals surface area contributed by atoms with E-state index in [0.29, 0.717) is 96.5 Å². The van der Waals surface area contributed by atoms with E-state index < -0.39 is 152 Å². The van der Waals surface area contributed by atoms with Gasteiger partial charge in [0.05, 0.1) is 62.9 Å². The first-order valence-electron chi connectivity index (χ1n) is 36.4. The molecule has 2 aromatic heterocycles. The van der Waals surface area contributed by atoms with Gasteiger partial charge in [0.1, 0.15) is 36.8 Å². The minimum atomic E-state index is -4.63. The van der Waals surface area contributed by atoms with E-state index in [1.807, 2.05) is 73.0 Å². The molecule has 1 unspecified atom stereocenters. The number of allylic oxidation sites excluding steroid dienone is 5. The van der Waals surface area contributed by atoms with E-state index in [9.17, 15) is 114 Å². The molecule has 0 spiro atoms. The third-order valence-electron chi connectivity index (χ3n) is 19.7. The van der Waals surface area contributed by atoms with Crippen LogP contribution in [0, 0.1) is 0 Å². The molecule has 14 N–H and O–H groups in total. The van der Waals surface area contributed by atoms with Gasteiger partial charge in [-0.2, -0.15) is 21.4 Å². The summed E-state index contributed by atoms with van der Waals surface area (Å²) >= 11 is 0. The van der Waals surface area contributed by atoms with Crippen LogP contribution in [0.5, 0.6) is 0 Å². The molecule has 2 aliphatic heterocycles. The number of rotatable bonds is 44. The summed E-state index contributed by atoms with van der Waals surface area (Å²) in [5, 5.41) is 72.4. The second kappa shape index (κ2) is 39.1. The number of carbonyl (C=O) groups is 12. The number of aliphatic carboxylic acids is 5. The van der Waals surface area contributed by atoms with Crippen LogP contribution in [0.25, 0.3) is 27.2 Å². The molecule has 3 aromatic carbocycles. The predicted molar refractivity (Wildman–Crippen MR) is 408 cm³/mol. The number of carboxylic acid groups (broad SMARTS) is 6. The molecular weight excluding hydrogens is 1520 g/mol. The Kier molecular flexibility index (Phi) is 30.6. The normalized spacial score (nSPS) is 16.2. The van der Waals surface area contributed by atoms with Crippen molar-refractivity contribution in [3.8, 4) is 0 Å². The number of aryl methyl sites for hydroxylation is 1. The Balaban J connectivity index is 1.02. The molecule has 0 bridgehead atoms. The molecule has 0 saturated carbocycles. The first-order valence-corrected chi connectivity index (χ1v) is 39.3. The Hall–Kier alpha value is -11.6. The van der Waals surface area contributed by atoms with Gasteiger partial charge in [0.15, 0.2) is 5.71 Å². The maximum absolute atomic E-state index is 14.3. The molecular formula is C76H93N10O25S2+. The zero-order valence-corrected chi connectivity index (χ0v) is 64.3. The van der Waals surface area contributed by atoms with Crippen molar-refractivity contribution in [3.05, 3.63) is 130 Å². The van der Waals surface area contributed by atoms with Gasteiger partial charge in [-0.3, -0.25) is 66.8 Å². The number of hydrogen-bond acceptors (Lipinski definition) is 19. The fraction of sp³-hybridized carbons (Fsp3) is 0.434. The first kappa shape index (κ1) is 88.6. The average Bonchev–Trinajstić information content (AvgIpc) is 1.70. The summed E-state index contributed by atoms with van der Waals surface area (Å²) in [6, 6.07) is 4.59. The van der Waals surface area contributed by atoms with Crippen molar-refractivity contribution in [1.29, 1.82) is 0 Å². The van der Waals surface area contributed by atoms with Crippen LogP contribution in [0.3, 0.4) is 0 Å². The van der Waals surface area contributed by atoms with E-state index in [1.54, 1.807) is 47.9 Å². The van der Waals surface area contributed by atoms with Gasteiger partial charge in [-0.25, -0.2) is 9.59 Å². The van der Waals surface area contributed by atoms with Crippen molar-refractivity contribution in [1.82, 2.24) is 41.5 Å². The Labute approximate surface area is 649 Å². The van der Waals surface area contributed by atoms with Crippen molar-refractivity contribution < 1.29 is 119 Å². The largest absolute Gasteiger partial charge is 0.481 e. The number of nitrogens with zero attached hydrogens (tertiary/aromatic N) is 4. The van der Waals surface area contributed by atoms with E-state index in [0.717, 1.165) is 17.0 Å². The zero-order valence-electron chi connectivity index (χ0n) is 62.7. The van der Waals surface area contributed by atoms with Gasteiger partial charge in [0.2, 0.25) is 41.1 Å². The lowest BCUT2D eigenvalue weighted by Crippen LogP contribution is -2.59.